The van der Waals surface area contributed by atoms with Crippen LogP contribution in [0.5, 0.6) is 5.75 Å². The number of ether oxygens (including phenoxy) is 1. The van der Waals surface area contributed by atoms with Crippen molar-refractivity contribution in [2.75, 3.05) is 6.61 Å². The minimum absolute atomic E-state index is 0.0550. The number of benzene rings is 1. The van der Waals surface area contributed by atoms with Crippen LogP contribution in [-0.2, 0) is 0 Å². The monoisotopic (exact) mass is 262 g/mol. The van der Waals surface area contributed by atoms with Crippen molar-refractivity contribution < 1.29 is 22.3 Å². The van der Waals surface area contributed by atoms with Gasteiger partial charge in [-0.2, -0.15) is 14.0 Å². The van der Waals surface area contributed by atoms with Crippen LogP contribution in [0.4, 0.5) is 17.6 Å². The number of nitrogens with zero attached hydrogens (tertiary/aromatic N) is 1. The molecule has 0 bridgehead atoms. The van der Waals surface area contributed by atoms with Crippen LogP contribution in [0.1, 0.15) is 13.3 Å². The van der Waals surface area contributed by atoms with Crippen molar-refractivity contribution in [1.29, 1.82) is 5.26 Å². The highest BCUT2D eigenvalue weighted by molar-refractivity contribution is 5.28. The highest BCUT2D eigenvalue weighted by atomic mass is 19.2. The van der Waals surface area contributed by atoms with Crippen LogP contribution in [0, 0.1) is 34.6 Å². The Morgan fingerprint density at radius 2 is 1.78 bits per heavy atom. The van der Waals surface area contributed by atoms with E-state index in [4.69, 9.17) is 11.0 Å². The Kier molecular flexibility index (Phi) is 4.14. The minimum Gasteiger partial charge on any atom is -0.487 e. The van der Waals surface area contributed by atoms with Gasteiger partial charge in [0.1, 0.15) is 5.54 Å². The molecule has 98 valence electrons. The summed E-state index contributed by atoms with van der Waals surface area (Å²) in [5, 5.41) is 8.59. The SMILES string of the molecule is CC(N)(C#N)CCOc1c(F)c(F)cc(F)c1F. The van der Waals surface area contributed by atoms with E-state index in [0.717, 1.165) is 0 Å². The van der Waals surface area contributed by atoms with E-state index in [1.807, 2.05) is 0 Å². The average molecular weight is 262 g/mol. The molecule has 1 aromatic carbocycles. The van der Waals surface area contributed by atoms with Crippen LogP contribution in [0.2, 0.25) is 0 Å². The van der Waals surface area contributed by atoms with E-state index in [2.05, 4.69) is 4.74 Å². The quantitative estimate of drug-likeness (QED) is 0.668. The van der Waals surface area contributed by atoms with E-state index >= 15 is 0 Å². The first-order valence-corrected chi connectivity index (χ1v) is 4.94. The maximum Gasteiger partial charge on any atom is 0.203 e. The molecule has 1 unspecified atom stereocenters. The summed E-state index contributed by atoms with van der Waals surface area (Å²) >= 11 is 0. The number of rotatable bonds is 4. The zero-order valence-corrected chi connectivity index (χ0v) is 9.44. The first kappa shape index (κ1) is 14.3. The van der Waals surface area contributed by atoms with Gasteiger partial charge in [0.15, 0.2) is 17.4 Å². The molecule has 0 radical (unpaired) electrons. The van der Waals surface area contributed by atoms with E-state index in [9.17, 15) is 17.6 Å². The lowest BCUT2D eigenvalue weighted by molar-refractivity contribution is 0.251. The minimum atomic E-state index is -1.62. The summed E-state index contributed by atoms with van der Waals surface area (Å²) in [7, 11) is 0. The Labute approximate surface area is 101 Å². The number of halogens is 4. The lowest BCUT2D eigenvalue weighted by Crippen LogP contribution is -2.35. The molecule has 0 heterocycles. The molecule has 0 aromatic heterocycles. The van der Waals surface area contributed by atoms with Gasteiger partial charge in [-0.25, -0.2) is 8.78 Å². The molecule has 1 atom stereocenters. The third kappa shape index (κ3) is 3.11. The van der Waals surface area contributed by atoms with Crippen molar-refractivity contribution in [2.24, 2.45) is 5.73 Å². The van der Waals surface area contributed by atoms with Gasteiger partial charge in [-0.05, 0) is 6.92 Å². The Hall–Kier alpha value is -1.81. The van der Waals surface area contributed by atoms with Gasteiger partial charge in [-0.1, -0.05) is 0 Å². The van der Waals surface area contributed by atoms with E-state index in [-0.39, 0.29) is 19.1 Å². The molecular weight excluding hydrogens is 252 g/mol. The van der Waals surface area contributed by atoms with Crippen LogP contribution in [0.25, 0.3) is 0 Å². The highest BCUT2D eigenvalue weighted by Gasteiger charge is 2.22. The Balaban J connectivity index is 2.84. The fourth-order valence-corrected chi connectivity index (χ4v) is 1.10. The smallest absolute Gasteiger partial charge is 0.203 e. The predicted molar refractivity (Wildman–Crippen MR) is 54.6 cm³/mol. The number of nitriles is 1. The topological polar surface area (TPSA) is 59.0 Å². The van der Waals surface area contributed by atoms with Crippen molar-refractivity contribution in [1.82, 2.24) is 0 Å². The van der Waals surface area contributed by atoms with Crippen molar-refractivity contribution in [3.8, 4) is 11.8 Å². The van der Waals surface area contributed by atoms with Crippen molar-refractivity contribution in [3.63, 3.8) is 0 Å². The van der Waals surface area contributed by atoms with E-state index in [1.54, 1.807) is 6.07 Å². The molecule has 0 aliphatic rings. The zero-order valence-electron chi connectivity index (χ0n) is 9.44. The molecule has 1 aromatic rings. The summed E-state index contributed by atoms with van der Waals surface area (Å²) in [6.07, 6.45) is -0.0550. The van der Waals surface area contributed by atoms with Crippen LogP contribution in [0.3, 0.4) is 0 Å². The molecule has 2 N–H and O–H groups in total. The van der Waals surface area contributed by atoms with Crippen molar-refractivity contribution in [2.45, 2.75) is 18.9 Å². The van der Waals surface area contributed by atoms with Crippen molar-refractivity contribution >= 4 is 0 Å². The number of hydrogen-bond donors (Lipinski definition) is 1. The molecule has 0 aliphatic heterocycles. The molecule has 18 heavy (non-hydrogen) atoms. The molecule has 0 fully saturated rings. The fraction of sp³-hybridized carbons (Fsp3) is 0.364. The van der Waals surface area contributed by atoms with E-state index in [1.165, 1.54) is 6.92 Å². The third-order valence-electron chi connectivity index (χ3n) is 2.19. The number of hydrogen-bond acceptors (Lipinski definition) is 3. The van der Waals surface area contributed by atoms with Crippen LogP contribution in [0.15, 0.2) is 6.07 Å². The van der Waals surface area contributed by atoms with Gasteiger partial charge in [0, 0.05) is 12.5 Å². The summed E-state index contributed by atoms with van der Waals surface area (Å²) in [5.74, 6) is -7.50. The molecule has 0 aliphatic carbocycles. The largest absolute Gasteiger partial charge is 0.487 e. The molecule has 0 spiro atoms. The second kappa shape index (κ2) is 5.23. The molecule has 0 saturated heterocycles. The summed E-state index contributed by atoms with van der Waals surface area (Å²) < 4.78 is 56.5. The second-order valence-electron chi connectivity index (χ2n) is 3.93. The van der Waals surface area contributed by atoms with Crippen molar-refractivity contribution in [3.05, 3.63) is 29.3 Å². The van der Waals surface area contributed by atoms with Crippen LogP contribution in [-0.4, -0.2) is 12.1 Å². The normalized spacial score (nSPS) is 13.8. The second-order valence-corrected chi connectivity index (χ2v) is 3.93. The zero-order chi connectivity index (χ0) is 13.9. The highest BCUT2D eigenvalue weighted by Crippen LogP contribution is 2.26. The van der Waals surface area contributed by atoms with Gasteiger partial charge in [0.2, 0.25) is 11.6 Å². The van der Waals surface area contributed by atoms with Gasteiger partial charge in [-0.15, -0.1) is 0 Å². The Morgan fingerprint density at radius 1 is 1.28 bits per heavy atom. The third-order valence-corrected chi connectivity index (χ3v) is 2.19. The van der Waals surface area contributed by atoms with Gasteiger partial charge in [-0.3, -0.25) is 0 Å². The van der Waals surface area contributed by atoms with Gasteiger partial charge in [0.25, 0.3) is 0 Å². The maximum absolute atomic E-state index is 13.1. The van der Waals surface area contributed by atoms with Gasteiger partial charge in [0.05, 0.1) is 12.7 Å². The molecule has 1 rings (SSSR count). The Morgan fingerprint density at radius 3 is 2.22 bits per heavy atom. The summed E-state index contributed by atoms with van der Waals surface area (Å²) in [4.78, 5) is 0. The lowest BCUT2D eigenvalue weighted by atomic mass is 10.0. The number of nitrogens with two attached hydrogens (primary N) is 1. The summed E-state index contributed by atoms with van der Waals surface area (Å²) in [6, 6.07) is 1.82. The van der Waals surface area contributed by atoms with Crippen LogP contribution < -0.4 is 10.5 Å². The molecule has 3 nitrogen and oxygen atoms in total. The summed E-state index contributed by atoms with van der Waals surface area (Å²) in [6.45, 7) is 1.03. The van der Waals surface area contributed by atoms with E-state index in [0.29, 0.717) is 0 Å². The van der Waals surface area contributed by atoms with Gasteiger partial charge >= 0.3 is 0 Å². The first-order valence-electron chi connectivity index (χ1n) is 4.94. The average Bonchev–Trinajstić information content (AvgIpc) is 2.31. The lowest BCUT2D eigenvalue weighted by Gasteiger charge is -2.16. The maximum atomic E-state index is 13.1. The Bertz CT molecular complexity index is 471. The predicted octanol–water partition coefficient (Wildman–Crippen LogP) is 2.25. The van der Waals surface area contributed by atoms with Crippen LogP contribution >= 0.6 is 0 Å². The first-order chi connectivity index (χ1) is 8.28. The van der Waals surface area contributed by atoms with Gasteiger partial charge < -0.3 is 10.5 Å². The van der Waals surface area contributed by atoms with E-state index < -0.39 is 34.6 Å². The molecule has 7 heteroatoms. The molecular formula is C11H10F4N2O. The summed E-state index contributed by atoms with van der Waals surface area (Å²) in [5.41, 5.74) is 4.19. The molecule has 0 amide bonds. The fourth-order valence-electron chi connectivity index (χ4n) is 1.10. The standard InChI is InChI=1S/C11H10F4N2O/c1-11(17,5-16)2-3-18-10-8(14)6(12)4-7(13)9(10)15/h4H,2-3,17H2,1H3. The molecule has 0 saturated carbocycles.